The van der Waals surface area contributed by atoms with Crippen molar-refractivity contribution in [1.82, 2.24) is 10.3 Å². The number of nitrogens with one attached hydrogen (secondary N) is 2. The average molecular weight is 344 g/mol. The summed E-state index contributed by atoms with van der Waals surface area (Å²) in [6.45, 7) is 5.38. The molecule has 0 fully saturated rings. The van der Waals surface area contributed by atoms with E-state index in [0.717, 1.165) is 35.9 Å². The third-order valence-electron chi connectivity index (χ3n) is 2.98. The molecule has 1 unspecified atom stereocenters. The van der Waals surface area contributed by atoms with Crippen LogP contribution < -0.4 is 10.6 Å². The lowest BCUT2D eigenvalue weighted by Gasteiger charge is -2.11. The van der Waals surface area contributed by atoms with Gasteiger partial charge in [-0.05, 0) is 38.1 Å². The molecule has 0 spiro atoms. The number of aromatic nitrogens is 1. The quantitative estimate of drug-likeness (QED) is 0.732. The first-order chi connectivity index (χ1) is 10.1. The van der Waals surface area contributed by atoms with Gasteiger partial charge in [-0.1, -0.05) is 30.1 Å². The van der Waals surface area contributed by atoms with E-state index in [1.807, 2.05) is 0 Å². The minimum absolute atomic E-state index is 0.426. The minimum atomic E-state index is 0.426. The van der Waals surface area contributed by atoms with Gasteiger partial charge in [0.25, 0.3) is 0 Å². The molecule has 0 aliphatic rings. The molecule has 1 atom stereocenters. The molecule has 0 radical (unpaired) electrons. The number of benzene rings is 1. The van der Waals surface area contributed by atoms with Crippen molar-refractivity contribution in [2.24, 2.45) is 0 Å². The summed E-state index contributed by atoms with van der Waals surface area (Å²) in [6.07, 6.45) is 2.06. The minimum Gasteiger partial charge on any atom is -0.330 e. The van der Waals surface area contributed by atoms with Gasteiger partial charge in [0, 0.05) is 22.9 Å². The molecular weight excluding hydrogens is 325 g/mol. The summed E-state index contributed by atoms with van der Waals surface area (Å²) in [6, 6.07) is 5.77. The zero-order chi connectivity index (χ0) is 15.2. The van der Waals surface area contributed by atoms with E-state index in [4.69, 9.17) is 23.2 Å². The van der Waals surface area contributed by atoms with E-state index >= 15 is 0 Å². The SMILES string of the molecule is CCCNC(C)Cc1csc(Nc2cc(Cl)ccc2Cl)n1. The molecule has 21 heavy (non-hydrogen) atoms. The highest BCUT2D eigenvalue weighted by atomic mass is 35.5. The largest absolute Gasteiger partial charge is 0.330 e. The first-order valence-electron chi connectivity index (χ1n) is 6.98. The molecule has 0 amide bonds. The predicted molar refractivity (Wildman–Crippen MR) is 93.3 cm³/mol. The van der Waals surface area contributed by atoms with Crippen LogP contribution >= 0.6 is 34.5 Å². The zero-order valence-electron chi connectivity index (χ0n) is 12.1. The Bertz CT molecular complexity index is 586. The molecule has 2 rings (SSSR count). The third-order valence-corrected chi connectivity index (χ3v) is 4.35. The van der Waals surface area contributed by atoms with Crippen LogP contribution in [0.3, 0.4) is 0 Å². The maximum atomic E-state index is 6.14. The molecule has 0 saturated carbocycles. The fourth-order valence-corrected chi connectivity index (χ4v) is 3.02. The Hall–Kier alpha value is -0.810. The van der Waals surface area contributed by atoms with E-state index in [2.05, 4.69) is 34.8 Å². The second kappa shape index (κ2) is 7.99. The van der Waals surface area contributed by atoms with Crippen molar-refractivity contribution in [1.29, 1.82) is 0 Å². The Morgan fingerprint density at radius 3 is 2.90 bits per heavy atom. The highest BCUT2D eigenvalue weighted by Crippen LogP contribution is 2.29. The number of hydrogen-bond acceptors (Lipinski definition) is 4. The average Bonchev–Trinajstić information content (AvgIpc) is 2.88. The second-order valence-corrected chi connectivity index (χ2v) is 6.65. The normalized spacial score (nSPS) is 12.4. The summed E-state index contributed by atoms with van der Waals surface area (Å²) in [7, 11) is 0. The Balaban J connectivity index is 1.98. The fourth-order valence-electron chi connectivity index (χ4n) is 1.94. The molecule has 3 nitrogen and oxygen atoms in total. The first-order valence-corrected chi connectivity index (χ1v) is 8.62. The van der Waals surface area contributed by atoms with Crippen LogP contribution in [0.15, 0.2) is 23.6 Å². The Kier molecular flexibility index (Phi) is 6.30. The number of rotatable bonds is 7. The first kappa shape index (κ1) is 16.6. The van der Waals surface area contributed by atoms with Gasteiger partial charge in [-0.25, -0.2) is 4.98 Å². The van der Waals surface area contributed by atoms with Crippen molar-refractivity contribution in [3.63, 3.8) is 0 Å². The van der Waals surface area contributed by atoms with E-state index in [-0.39, 0.29) is 0 Å². The van der Waals surface area contributed by atoms with Crippen molar-refractivity contribution in [2.75, 3.05) is 11.9 Å². The van der Waals surface area contributed by atoms with Gasteiger partial charge in [0.15, 0.2) is 5.13 Å². The van der Waals surface area contributed by atoms with Crippen LogP contribution in [0.2, 0.25) is 10.0 Å². The van der Waals surface area contributed by atoms with Crippen molar-refractivity contribution in [3.05, 3.63) is 39.3 Å². The van der Waals surface area contributed by atoms with E-state index in [0.29, 0.717) is 16.1 Å². The standard InChI is InChI=1S/C15H19Cl2N3S/c1-3-6-18-10(2)7-12-9-21-15(19-12)20-14-8-11(16)4-5-13(14)17/h4-5,8-10,18H,3,6-7H2,1-2H3,(H,19,20). The van der Waals surface area contributed by atoms with Gasteiger partial charge in [0.05, 0.1) is 16.4 Å². The van der Waals surface area contributed by atoms with Crippen LogP contribution in [-0.2, 0) is 6.42 Å². The Morgan fingerprint density at radius 2 is 2.14 bits per heavy atom. The van der Waals surface area contributed by atoms with Crippen molar-refractivity contribution in [3.8, 4) is 0 Å². The van der Waals surface area contributed by atoms with Crippen LogP contribution in [0.5, 0.6) is 0 Å². The summed E-state index contributed by atoms with van der Waals surface area (Å²) in [5.41, 5.74) is 1.86. The van der Waals surface area contributed by atoms with Gasteiger partial charge in [-0.2, -0.15) is 0 Å². The molecular formula is C15H19Cl2N3S. The van der Waals surface area contributed by atoms with Gasteiger partial charge in [-0.3, -0.25) is 0 Å². The Morgan fingerprint density at radius 1 is 1.33 bits per heavy atom. The maximum Gasteiger partial charge on any atom is 0.187 e. The highest BCUT2D eigenvalue weighted by molar-refractivity contribution is 7.13. The van der Waals surface area contributed by atoms with Crippen LogP contribution in [0.4, 0.5) is 10.8 Å². The summed E-state index contributed by atoms with van der Waals surface area (Å²) in [5, 5.41) is 10.9. The fraction of sp³-hybridized carbons (Fsp3) is 0.400. The van der Waals surface area contributed by atoms with Crippen molar-refractivity contribution >= 4 is 45.4 Å². The summed E-state index contributed by atoms with van der Waals surface area (Å²) in [5.74, 6) is 0. The molecule has 0 bridgehead atoms. The second-order valence-electron chi connectivity index (χ2n) is 4.95. The molecule has 2 N–H and O–H groups in total. The Labute approximate surface area is 139 Å². The van der Waals surface area contributed by atoms with Crippen molar-refractivity contribution < 1.29 is 0 Å². The molecule has 1 aromatic heterocycles. The number of halogens is 2. The lowest BCUT2D eigenvalue weighted by molar-refractivity contribution is 0.540. The molecule has 114 valence electrons. The van der Waals surface area contributed by atoms with Gasteiger partial charge >= 0.3 is 0 Å². The van der Waals surface area contributed by atoms with Gasteiger partial charge in [-0.15, -0.1) is 11.3 Å². The third kappa shape index (κ3) is 5.15. The van der Waals surface area contributed by atoms with E-state index in [1.165, 1.54) is 0 Å². The smallest absolute Gasteiger partial charge is 0.187 e. The van der Waals surface area contributed by atoms with Gasteiger partial charge in [0.1, 0.15) is 0 Å². The topological polar surface area (TPSA) is 37.0 Å². The molecule has 0 aliphatic carbocycles. The van der Waals surface area contributed by atoms with Gasteiger partial charge in [0.2, 0.25) is 0 Å². The maximum absolute atomic E-state index is 6.14. The molecule has 1 aromatic carbocycles. The molecule has 1 heterocycles. The van der Waals surface area contributed by atoms with Crippen LogP contribution in [0.1, 0.15) is 26.0 Å². The summed E-state index contributed by atoms with van der Waals surface area (Å²) < 4.78 is 0. The zero-order valence-corrected chi connectivity index (χ0v) is 14.4. The number of anilines is 2. The number of nitrogens with zero attached hydrogens (tertiary/aromatic N) is 1. The van der Waals surface area contributed by atoms with Crippen LogP contribution in [0.25, 0.3) is 0 Å². The van der Waals surface area contributed by atoms with E-state index in [9.17, 15) is 0 Å². The summed E-state index contributed by atoms with van der Waals surface area (Å²) in [4.78, 5) is 4.59. The van der Waals surface area contributed by atoms with Crippen LogP contribution in [0, 0.1) is 0 Å². The number of hydrogen-bond donors (Lipinski definition) is 2. The van der Waals surface area contributed by atoms with E-state index in [1.54, 1.807) is 29.5 Å². The molecule has 6 heteroatoms. The highest BCUT2D eigenvalue weighted by Gasteiger charge is 2.08. The van der Waals surface area contributed by atoms with Gasteiger partial charge < -0.3 is 10.6 Å². The predicted octanol–water partition coefficient (Wildman–Crippen LogP) is 5.12. The van der Waals surface area contributed by atoms with Crippen LogP contribution in [-0.4, -0.2) is 17.6 Å². The lowest BCUT2D eigenvalue weighted by Crippen LogP contribution is -2.28. The number of thiazole rings is 1. The summed E-state index contributed by atoms with van der Waals surface area (Å²) >= 11 is 13.7. The van der Waals surface area contributed by atoms with E-state index < -0.39 is 0 Å². The van der Waals surface area contributed by atoms with Crippen molar-refractivity contribution in [2.45, 2.75) is 32.7 Å². The monoisotopic (exact) mass is 343 g/mol. The molecule has 2 aromatic rings. The molecule has 0 saturated heterocycles. The molecule has 0 aliphatic heterocycles. The lowest BCUT2D eigenvalue weighted by atomic mass is 10.2.